The summed E-state index contributed by atoms with van der Waals surface area (Å²) in [7, 11) is 3.13. The zero-order valence-corrected chi connectivity index (χ0v) is 16.2. The van der Waals surface area contributed by atoms with Gasteiger partial charge in [0.2, 0.25) is 0 Å². The summed E-state index contributed by atoms with van der Waals surface area (Å²) in [5, 5.41) is 20.0. The summed E-state index contributed by atoms with van der Waals surface area (Å²) in [4.78, 5) is 12.5. The average Bonchev–Trinajstić information content (AvgIpc) is 3.36. The molecule has 1 atom stereocenters. The zero-order valence-electron chi connectivity index (χ0n) is 16.2. The van der Waals surface area contributed by atoms with E-state index < -0.39 is 0 Å². The first-order chi connectivity index (χ1) is 14.1. The van der Waals surface area contributed by atoms with Gasteiger partial charge in [-0.25, -0.2) is 5.10 Å². The van der Waals surface area contributed by atoms with E-state index in [1.165, 1.54) is 0 Å². The summed E-state index contributed by atoms with van der Waals surface area (Å²) in [6, 6.07) is 11.2. The maximum absolute atomic E-state index is 12.5. The van der Waals surface area contributed by atoms with Crippen LogP contribution in [0.15, 0.2) is 42.5 Å². The lowest BCUT2D eigenvalue weighted by Crippen LogP contribution is -2.14. The minimum atomic E-state index is -0.155. The minimum Gasteiger partial charge on any atom is -0.493 e. The van der Waals surface area contributed by atoms with Crippen molar-refractivity contribution in [3.05, 3.63) is 48.0 Å². The van der Waals surface area contributed by atoms with Gasteiger partial charge in [0, 0.05) is 34.5 Å². The van der Waals surface area contributed by atoms with E-state index >= 15 is 0 Å². The molecule has 3 aromatic rings. The van der Waals surface area contributed by atoms with Crippen molar-refractivity contribution < 1.29 is 14.3 Å². The number of nitrogens with zero attached hydrogens (tertiary/aromatic N) is 3. The molecule has 148 valence electrons. The number of anilines is 2. The van der Waals surface area contributed by atoms with Gasteiger partial charge in [-0.2, -0.15) is 0 Å². The monoisotopic (exact) mass is 392 g/mol. The number of H-pyrrole nitrogens is 1. The fraction of sp³-hybridized carbons (Fsp3) is 0.200. The first-order valence-electron chi connectivity index (χ1n) is 8.99. The highest BCUT2D eigenvalue weighted by Gasteiger charge is 2.27. The number of carbonyl (C=O) groups excluding carboxylic acids is 1. The van der Waals surface area contributed by atoms with Crippen LogP contribution in [0.5, 0.6) is 11.5 Å². The molecule has 0 radical (unpaired) electrons. The van der Waals surface area contributed by atoms with Crippen LogP contribution in [0.2, 0.25) is 0 Å². The van der Waals surface area contributed by atoms with Gasteiger partial charge in [-0.15, -0.1) is 5.10 Å². The predicted molar refractivity (Wildman–Crippen MR) is 109 cm³/mol. The van der Waals surface area contributed by atoms with Crippen LogP contribution in [0.1, 0.15) is 12.5 Å². The molecular formula is C20H20N6O3. The number of hydrogen-bond acceptors (Lipinski definition) is 7. The van der Waals surface area contributed by atoms with Crippen molar-refractivity contribution in [3.8, 4) is 22.9 Å². The third-order valence-electron chi connectivity index (χ3n) is 4.62. The fourth-order valence-electron chi connectivity index (χ4n) is 3.24. The molecule has 0 saturated heterocycles. The normalized spacial score (nSPS) is 15.0. The number of methoxy groups -OCH3 is 2. The molecule has 0 bridgehead atoms. The molecule has 1 aliphatic heterocycles. The minimum absolute atomic E-state index is 0.0902. The maximum Gasteiger partial charge on any atom is 0.256 e. The molecule has 0 saturated carbocycles. The number of carbonyl (C=O) groups is 1. The summed E-state index contributed by atoms with van der Waals surface area (Å²) >= 11 is 0. The third-order valence-corrected chi connectivity index (χ3v) is 4.62. The molecular weight excluding hydrogens is 372 g/mol. The number of ether oxygens (including phenoxy) is 2. The van der Waals surface area contributed by atoms with Crippen molar-refractivity contribution >= 4 is 22.9 Å². The van der Waals surface area contributed by atoms with Gasteiger partial charge >= 0.3 is 0 Å². The summed E-state index contributed by atoms with van der Waals surface area (Å²) < 4.78 is 10.7. The highest BCUT2D eigenvalue weighted by Crippen LogP contribution is 2.40. The molecule has 29 heavy (non-hydrogen) atoms. The van der Waals surface area contributed by atoms with Gasteiger partial charge < -0.3 is 20.1 Å². The smallest absolute Gasteiger partial charge is 0.256 e. The number of aromatic nitrogens is 4. The first-order valence-corrected chi connectivity index (χ1v) is 8.99. The van der Waals surface area contributed by atoms with Gasteiger partial charge in [0.15, 0.2) is 17.3 Å². The molecule has 1 aromatic heterocycles. The average molecular weight is 392 g/mol. The number of nitrogens with one attached hydrogen (secondary N) is 3. The zero-order chi connectivity index (χ0) is 20.4. The van der Waals surface area contributed by atoms with E-state index in [1.54, 1.807) is 20.3 Å². The van der Waals surface area contributed by atoms with Gasteiger partial charge in [-0.05, 0) is 53.8 Å². The largest absolute Gasteiger partial charge is 0.493 e. The topological polar surface area (TPSA) is 114 Å². The second-order valence-electron chi connectivity index (χ2n) is 6.55. The lowest BCUT2D eigenvalue weighted by Gasteiger charge is -2.13. The van der Waals surface area contributed by atoms with Crippen LogP contribution in [0.3, 0.4) is 0 Å². The van der Waals surface area contributed by atoms with Crippen LogP contribution < -0.4 is 20.1 Å². The molecule has 1 unspecified atom stereocenters. The van der Waals surface area contributed by atoms with Crippen molar-refractivity contribution in [2.24, 2.45) is 0 Å². The Labute approximate surface area is 167 Å². The number of amides is 1. The fourth-order valence-corrected chi connectivity index (χ4v) is 3.24. The Hall–Kier alpha value is -3.88. The van der Waals surface area contributed by atoms with Crippen molar-refractivity contribution in [2.75, 3.05) is 24.9 Å². The molecule has 3 N–H and O–H groups in total. The van der Waals surface area contributed by atoms with Crippen molar-refractivity contribution in [1.82, 2.24) is 20.6 Å². The number of hydrogen-bond donors (Lipinski definition) is 3. The molecule has 2 aromatic carbocycles. The van der Waals surface area contributed by atoms with E-state index in [-0.39, 0.29) is 11.9 Å². The van der Waals surface area contributed by atoms with Gasteiger partial charge in [-0.3, -0.25) is 4.79 Å². The van der Waals surface area contributed by atoms with Gasteiger partial charge in [0.1, 0.15) is 0 Å². The number of aromatic amines is 1. The van der Waals surface area contributed by atoms with Crippen LogP contribution in [0.25, 0.3) is 17.0 Å². The van der Waals surface area contributed by atoms with Crippen LogP contribution in [0, 0.1) is 0 Å². The van der Waals surface area contributed by atoms with Crippen LogP contribution in [-0.2, 0) is 4.79 Å². The standard InChI is InChI=1S/C20H20N6O3/c1-11(21-13-6-4-12(5-7-13)19-23-25-26-24-19)8-15-14-9-17(28-2)18(29-3)10-16(14)22-20(15)27/h4-11,21H,1-3H3,(H,22,27)(H,23,24,25,26). The van der Waals surface area contributed by atoms with E-state index in [4.69, 9.17) is 9.47 Å². The van der Waals surface area contributed by atoms with Gasteiger partial charge in [0.25, 0.3) is 5.91 Å². The van der Waals surface area contributed by atoms with Crippen molar-refractivity contribution in [2.45, 2.75) is 13.0 Å². The molecule has 4 rings (SSSR count). The first kappa shape index (κ1) is 18.5. The predicted octanol–water partition coefficient (Wildman–Crippen LogP) is 2.72. The van der Waals surface area contributed by atoms with Gasteiger partial charge in [-0.1, -0.05) is 0 Å². The second kappa shape index (κ2) is 7.63. The van der Waals surface area contributed by atoms with Crippen molar-refractivity contribution in [3.63, 3.8) is 0 Å². The molecule has 0 aliphatic carbocycles. The summed E-state index contributed by atoms with van der Waals surface area (Å²) in [6.07, 6.45) is 1.89. The SMILES string of the molecule is COc1cc2c(cc1OC)C(=CC(C)Nc1ccc(-c3nnn[nH]3)cc1)C(=O)N2. The molecule has 0 spiro atoms. The molecule has 9 nitrogen and oxygen atoms in total. The number of fused-ring (bicyclic) bond motifs is 1. The van der Waals surface area contributed by atoms with E-state index in [2.05, 4.69) is 31.3 Å². The highest BCUT2D eigenvalue weighted by atomic mass is 16.5. The van der Waals surface area contributed by atoms with Crippen LogP contribution in [0.4, 0.5) is 11.4 Å². The third kappa shape index (κ3) is 3.62. The molecule has 0 fully saturated rings. The Balaban J connectivity index is 1.54. The number of tetrazole rings is 1. The van der Waals surface area contributed by atoms with E-state index in [1.807, 2.05) is 43.3 Å². The van der Waals surface area contributed by atoms with E-state index in [0.717, 1.165) is 16.8 Å². The summed E-state index contributed by atoms with van der Waals surface area (Å²) in [5.74, 6) is 1.60. The Kier molecular flexibility index (Phi) is 4.86. The van der Waals surface area contributed by atoms with Crippen LogP contribution in [-0.4, -0.2) is 46.8 Å². The van der Waals surface area contributed by atoms with E-state index in [9.17, 15) is 4.79 Å². The number of rotatable bonds is 6. The Morgan fingerprint density at radius 2 is 1.83 bits per heavy atom. The second-order valence-corrected chi connectivity index (χ2v) is 6.55. The summed E-state index contributed by atoms with van der Waals surface area (Å²) in [5.41, 5.74) is 3.88. The number of benzene rings is 2. The quantitative estimate of drug-likeness (QED) is 0.553. The van der Waals surface area contributed by atoms with Crippen molar-refractivity contribution in [1.29, 1.82) is 0 Å². The lowest BCUT2D eigenvalue weighted by molar-refractivity contribution is -0.110. The van der Waals surface area contributed by atoms with Gasteiger partial charge in [0.05, 0.1) is 19.9 Å². The highest BCUT2D eigenvalue weighted by molar-refractivity contribution is 6.31. The maximum atomic E-state index is 12.5. The Morgan fingerprint density at radius 1 is 1.10 bits per heavy atom. The molecule has 1 amide bonds. The molecule has 9 heteroatoms. The van der Waals surface area contributed by atoms with E-state index in [0.29, 0.717) is 28.6 Å². The molecule has 2 heterocycles. The molecule has 1 aliphatic rings. The Bertz CT molecular complexity index is 1060. The van der Waals surface area contributed by atoms with Crippen LogP contribution >= 0.6 is 0 Å². The Morgan fingerprint density at radius 3 is 2.48 bits per heavy atom. The summed E-state index contributed by atoms with van der Waals surface area (Å²) in [6.45, 7) is 1.98. The lowest BCUT2D eigenvalue weighted by atomic mass is 10.0.